The molecule has 3 atom stereocenters. The fourth-order valence-corrected chi connectivity index (χ4v) is 2.36. The zero-order valence-electron chi connectivity index (χ0n) is 8.69. The summed E-state index contributed by atoms with van der Waals surface area (Å²) in [7, 11) is 0. The fraction of sp³-hybridized carbons (Fsp3) is 0.500. The molecule has 3 heteroatoms. The SMILES string of the molecule is CC1OCCC1C(O)c1ccccc1Cl. The Kier molecular flexibility index (Phi) is 3.29. The van der Waals surface area contributed by atoms with E-state index in [-0.39, 0.29) is 12.0 Å². The molecule has 1 aliphatic rings. The molecule has 1 heterocycles. The summed E-state index contributed by atoms with van der Waals surface area (Å²) in [5, 5.41) is 10.8. The van der Waals surface area contributed by atoms with Crippen LogP contribution >= 0.6 is 11.6 Å². The van der Waals surface area contributed by atoms with Gasteiger partial charge in [0.15, 0.2) is 0 Å². The van der Waals surface area contributed by atoms with Crippen molar-refractivity contribution in [1.29, 1.82) is 0 Å². The lowest BCUT2D eigenvalue weighted by molar-refractivity contribution is 0.0432. The third-order valence-corrected chi connectivity index (χ3v) is 3.41. The molecule has 0 aromatic heterocycles. The Hall–Kier alpha value is -0.570. The molecule has 0 spiro atoms. The molecule has 1 aromatic carbocycles. The van der Waals surface area contributed by atoms with Crippen molar-refractivity contribution in [3.63, 3.8) is 0 Å². The van der Waals surface area contributed by atoms with Gasteiger partial charge in [0.2, 0.25) is 0 Å². The Bertz CT molecular complexity index is 340. The molecular weight excluding hydrogens is 212 g/mol. The van der Waals surface area contributed by atoms with E-state index in [4.69, 9.17) is 16.3 Å². The largest absolute Gasteiger partial charge is 0.388 e. The minimum atomic E-state index is -0.517. The van der Waals surface area contributed by atoms with E-state index in [0.29, 0.717) is 5.02 Å². The number of rotatable bonds is 2. The van der Waals surface area contributed by atoms with Gasteiger partial charge in [-0.3, -0.25) is 0 Å². The van der Waals surface area contributed by atoms with Crippen molar-refractivity contribution in [3.05, 3.63) is 34.9 Å². The van der Waals surface area contributed by atoms with E-state index in [1.54, 1.807) is 6.07 Å². The molecule has 0 amide bonds. The first-order valence-corrected chi connectivity index (χ1v) is 5.62. The second-order valence-corrected chi connectivity index (χ2v) is 4.40. The Balaban J connectivity index is 2.20. The smallest absolute Gasteiger partial charge is 0.0858 e. The van der Waals surface area contributed by atoms with Crippen LogP contribution in [0.1, 0.15) is 25.0 Å². The minimum absolute atomic E-state index is 0.108. The van der Waals surface area contributed by atoms with Gasteiger partial charge in [0.1, 0.15) is 0 Å². The van der Waals surface area contributed by atoms with Crippen molar-refractivity contribution >= 4 is 11.6 Å². The molecule has 3 unspecified atom stereocenters. The van der Waals surface area contributed by atoms with Crippen LogP contribution in [0.5, 0.6) is 0 Å². The van der Waals surface area contributed by atoms with Gasteiger partial charge >= 0.3 is 0 Å². The molecule has 1 aliphatic heterocycles. The Morgan fingerprint density at radius 3 is 2.80 bits per heavy atom. The van der Waals surface area contributed by atoms with Crippen LogP contribution < -0.4 is 0 Å². The molecule has 1 N–H and O–H groups in total. The maximum atomic E-state index is 10.2. The Labute approximate surface area is 94.8 Å². The summed E-state index contributed by atoms with van der Waals surface area (Å²) in [5.41, 5.74) is 0.807. The number of hydrogen-bond donors (Lipinski definition) is 1. The molecule has 0 saturated carbocycles. The zero-order chi connectivity index (χ0) is 10.8. The molecule has 2 rings (SSSR count). The van der Waals surface area contributed by atoms with Crippen molar-refractivity contribution in [2.24, 2.45) is 5.92 Å². The lowest BCUT2D eigenvalue weighted by atomic mass is 9.91. The Morgan fingerprint density at radius 1 is 1.47 bits per heavy atom. The number of aliphatic hydroxyl groups excluding tert-OH is 1. The summed E-state index contributed by atoms with van der Waals surface area (Å²) in [4.78, 5) is 0. The lowest BCUT2D eigenvalue weighted by Crippen LogP contribution is -2.20. The third kappa shape index (κ3) is 2.17. The second kappa shape index (κ2) is 4.52. The van der Waals surface area contributed by atoms with Gasteiger partial charge in [-0.15, -0.1) is 0 Å². The van der Waals surface area contributed by atoms with Crippen LogP contribution in [0.25, 0.3) is 0 Å². The van der Waals surface area contributed by atoms with Crippen LogP contribution in [0.2, 0.25) is 5.02 Å². The van der Waals surface area contributed by atoms with Crippen molar-refractivity contribution in [3.8, 4) is 0 Å². The predicted octanol–water partition coefficient (Wildman–Crippen LogP) is 2.80. The molecule has 1 saturated heterocycles. The molecule has 0 radical (unpaired) electrons. The zero-order valence-corrected chi connectivity index (χ0v) is 9.45. The fourth-order valence-electron chi connectivity index (χ4n) is 2.11. The summed E-state index contributed by atoms with van der Waals surface area (Å²) in [6, 6.07) is 7.44. The second-order valence-electron chi connectivity index (χ2n) is 3.99. The summed E-state index contributed by atoms with van der Waals surface area (Å²) >= 11 is 6.04. The first-order valence-electron chi connectivity index (χ1n) is 5.24. The van der Waals surface area contributed by atoms with Gasteiger partial charge in [-0.25, -0.2) is 0 Å². The molecule has 1 aromatic rings. The van der Waals surface area contributed by atoms with Crippen LogP contribution in [0.4, 0.5) is 0 Å². The highest BCUT2D eigenvalue weighted by atomic mass is 35.5. The van der Waals surface area contributed by atoms with Gasteiger partial charge in [0, 0.05) is 17.5 Å². The van der Waals surface area contributed by atoms with E-state index < -0.39 is 6.10 Å². The molecule has 15 heavy (non-hydrogen) atoms. The maximum Gasteiger partial charge on any atom is 0.0858 e. The normalized spacial score (nSPS) is 27.9. The van der Waals surface area contributed by atoms with E-state index >= 15 is 0 Å². The first kappa shape index (κ1) is 10.9. The number of ether oxygens (including phenoxy) is 1. The van der Waals surface area contributed by atoms with E-state index in [1.165, 1.54) is 0 Å². The quantitative estimate of drug-likeness (QED) is 0.841. The number of halogens is 1. The average molecular weight is 227 g/mol. The van der Waals surface area contributed by atoms with Crippen molar-refractivity contribution in [1.82, 2.24) is 0 Å². The van der Waals surface area contributed by atoms with Gasteiger partial charge in [-0.1, -0.05) is 29.8 Å². The van der Waals surface area contributed by atoms with Gasteiger partial charge < -0.3 is 9.84 Å². The first-order chi connectivity index (χ1) is 7.20. The standard InChI is InChI=1S/C12H15ClO2/c1-8-9(6-7-15-8)12(14)10-4-2-3-5-11(10)13/h2-5,8-9,12,14H,6-7H2,1H3. The van der Waals surface area contributed by atoms with Crippen LogP contribution in [0.3, 0.4) is 0 Å². The van der Waals surface area contributed by atoms with E-state index in [0.717, 1.165) is 18.6 Å². The van der Waals surface area contributed by atoms with E-state index in [9.17, 15) is 5.11 Å². The molecule has 2 nitrogen and oxygen atoms in total. The molecule has 1 fully saturated rings. The van der Waals surface area contributed by atoms with Crippen molar-refractivity contribution in [2.45, 2.75) is 25.6 Å². The Morgan fingerprint density at radius 2 is 2.20 bits per heavy atom. The highest BCUT2D eigenvalue weighted by Gasteiger charge is 2.32. The lowest BCUT2D eigenvalue weighted by Gasteiger charge is -2.21. The molecular formula is C12H15ClO2. The minimum Gasteiger partial charge on any atom is -0.388 e. The maximum absolute atomic E-state index is 10.2. The number of hydrogen-bond acceptors (Lipinski definition) is 2. The molecule has 82 valence electrons. The molecule has 0 aliphatic carbocycles. The number of aliphatic hydroxyl groups is 1. The van der Waals surface area contributed by atoms with Crippen molar-refractivity contribution < 1.29 is 9.84 Å². The van der Waals surface area contributed by atoms with E-state index in [2.05, 4.69) is 0 Å². The van der Waals surface area contributed by atoms with Gasteiger partial charge in [-0.05, 0) is 25.0 Å². The highest BCUT2D eigenvalue weighted by Crippen LogP contribution is 2.35. The third-order valence-electron chi connectivity index (χ3n) is 3.06. The van der Waals surface area contributed by atoms with Gasteiger partial charge in [0.05, 0.1) is 12.2 Å². The van der Waals surface area contributed by atoms with Gasteiger partial charge in [-0.2, -0.15) is 0 Å². The average Bonchev–Trinajstić information content (AvgIpc) is 2.64. The summed E-state index contributed by atoms with van der Waals surface area (Å²) in [6.07, 6.45) is 0.487. The summed E-state index contributed by atoms with van der Waals surface area (Å²) < 4.78 is 5.44. The highest BCUT2D eigenvalue weighted by molar-refractivity contribution is 6.31. The summed E-state index contributed by atoms with van der Waals surface area (Å²) in [6.45, 7) is 2.73. The van der Waals surface area contributed by atoms with Gasteiger partial charge in [0.25, 0.3) is 0 Å². The monoisotopic (exact) mass is 226 g/mol. The summed E-state index contributed by atoms with van der Waals surface area (Å²) in [5.74, 6) is 0.157. The van der Waals surface area contributed by atoms with Crippen LogP contribution in [-0.4, -0.2) is 17.8 Å². The van der Waals surface area contributed by atoms with Crippen LogP contribution in [0, 0.1) is 5.92 Å². The predicted molar refractivity (Wildman–Crippen MR) is 59.9 cm³/mol. The van der Waals surface area contributed by atoms with Crippen LogP contribution in [0.15, 0.2) is 24.3 Å². The number of benzene rings is 1. The van der Waals surface area contributed by atoms with Crippen LogP contribution in [-0.2, 0) is 4.74 Å². The molecule has 0 bridgehead atoms. The van der Waals surface area contributed by atoms with E-state index in [1.807, 2.05) is 25.1 Å². The van der Waals surface area contributed by atoms with Crippen molar-refractivity contribution in [2.75, 3.05) is 6.61 Å². The topological polar surface area (TPSA) is 29.5 Å².